The number of ether oxygens (including phenoxy) is 1. The maximum absolute atomic E-state index is 11.8. The number of nitrogens with two attached hydrogens (primary N) is 1. The van der Waals surface area contributed by atoms with Crippen molar-refractivity contribution in [2.45, 2.75) is 19.5 Å². The van der Waals surface area contributed by atoms with Crippen LogP contribution in [0.1, 0.15) is 11.4 Å². The van der Waals surface area contributed by atoms with Gasteiger partial charge in [-0.15, -0.1) is 24.8 Å². The number of carbonyl (C=O) groups is 1. The lowest BCUT2D eigenvalue weighted by Gasteiger charge is -2.14. The molecule has 0 bridgehead atoms. The first-order valence-corrected chi connectivity index (χ1v) is 6.60. The molecule has 9 heteroatoms. The molecule has 1 amide bonds. The largest absolute Gasteiger partial charge is 0.383 e. The fraction of sp³-hybridized carbons (Fsp3) is 0.357. The zero-order valence-electron chi connectivity index (χ0n) is 12.9. The molecule has 3 N–H and O–H groups in total. The van der Waals surface area contributed by atoms with Gasteiger partial charge in [0.1, 0.15) is 17.7 Å². The van der Waals surface area contributed by atoms with Crippen molar-refractivity contribution >= 4 is 30.7 Å². The van der Waals surface area contributed by atoms with Gasteiger partial charge in [0.25, 0.3) is 0 Å². The lowest BCUT2D eigenvalue weighted by Crippen LogP contribution is -2.43. The molecule has 2 heterocycles. The van der Waals surface area contributed by atoms with Crippen LogP contribution in [0.3, 0.4) is 0 Å². The lowest BCUT2D eigenvalue weighted by molar-refractivity contribution is -0.123. The Kier molecular flexibility index (Phi) is 9.43. The molecule has 2 rings (SSSR count). The van der Waals surface area contributed by atoms with Crippen molar-refractivity contribution in [1.82, 2.24) is 19.9 Å². The molecule has 0 aromatic carbocycles. The predicted molar refractivity (Wildman–Crippen MR) is 92.3 cm³/mol. The van der Waals surface area contributed by atoms with Gasteiger partial charge in [-0.05, 0) is 13.0 Å². The van der Waals surface area contributed by atoms with E-state index in [4.69, 9.17) is 10.5 Å². The van der Waals surface area contributed by atoms with E-state index in [0.717, 1.165) is 17.2 Å². The van der Waals surface area contributed by atoms with Crippen molar-refractivity contribution in [2.75, 3.05) is 13.7 Å². The Bertz CT molecular complexity index is 621. The van der Waals surface area contributed by atoms with Gasteiger partial charge >= 0.3 is 0 Å². The van der Waals surface area contributed by atoms with Crippen molar-refractivity contribution in [2.24, 2.45) is 5.73 Å². The molecule has 23 heavy (non-hydrogen) atoms. The van der Waals surface area contributed by atoms with Gasteiger partial charge in [-0.3, -0.25) is 9.36 Å². The molecule has 0 spiro atoms. The third kappa shape index (κ3) is 5.47. The van der Waals surface area contributed by atoms with E-state index in [2.05, 4.69) is 15.3 Å². The van der Waals surface area contributed by atoms with Gasteiger partial charge in [0.15, 0.2) is 0 Å². The number of pyridine rings is 1. The molecule has 128 valence electrons. The number of carbonyl (C=O) groups excluding carboxylic acids is 1. The van der Waals surface area contributed by atoms with Crippen LogP contribution in [0.25, 0.3) is 5.82 Å². The SMILES string of the molecule is COCC(N)C(=O)NCc1cccnc1-n1ccnc1C.Cl.Cl. The molecule has 1 atom stereocenters. The molecule has 2 aromatic rings. The van der Waals surface area contributed by atoms with Crippen LogP contribution < -0.4 is 11.1 Å². The lowest BCUT2D eigenvalue weighted by atomic mass is 10.2. The van der Waals surface area contributed by atoms with E-state index in [9.17, 15) is 4.79 Å². The van der Waals surface area contributed by atoms with E-state index in [1.165, 1.54) is 7.11 Å². The van der Waals surface area contributed by atoms with Crippen LogP contribution in [0.5, 0.6) is 0 Å². The summed E-state index contributed by atoms with van der Waals surface area (Å²) in [7, 11) is 1.51. The van der Waals surface area contributed by atoms with Crippen molar-refractivity contribution in [1.29, 1.82) is 0 Å². The molecule has 7 nitrogen and oxygen atoms in total. The number of nitrogens with one attached hydrogen (secondary N) is 1. The predicted octanol–water partition coefficient (Wildman–Crippen LogP) is 1.01. The average molecular weight is 362 g/mol. The average Bonchev–Trinajstić information content (AvgIpc) is 2.91. The second kappa shape index (κ2) is 10.2. The van der Waals surface area contributed by atoms with Crippen LogP contribution >= 0.6 is 24.8 Å². The molecule has 0 radical (unpaired) electrons. The Balaban J connectivity index is 0.00000242. The molecular weight excluding hydrogens is 341 g/mol. The van der Waals surface area contributed by atoms with Crippen LogP contribution in [0.2, 0.25) is 0 Å². The van der Waals surface area contributed by atoms with Gasteiger partial charge in [-0.25, -0.2) is 9.97 Å². The van der Waals surface area contributed by atoms with Crippen molar-refractivity contribution < 1.29 is 9.53 Å². The summed E-state index contributed by atoms with van der Waals surface area (Å²) in [6, 6.07) is 3.06. The van der Waals surface area contributed by atoms with Crippen LogP contribution in [0.15, 0.2) is 30.7 Å². The zero-order chi connectivity index (χ0) is 15.2. The van der Waals surface area contributed by atoms with Crippen LogP contribution in [-0.2, 0) is 16.1 Å². The van der Waals surface area contributed by atoms with Crippen LogP contribution in [-0.4, -0.2) is 40.2 Å². The van der Waals surface area contributed by atoms with Crippen LogP contribution in [0.4, 0.5) is 0 Å². The number of hydrogen-bond acceptors (Lipinski definition) is 5. The van der Waals surface area contributed by atoms with Crippen LogP contribution in [0, 0.1) is 6.92 Å². The number of halogens is 2. The third-order valence-electron chi connectivity index (χ3n) is 3.06. The Morgan fingerprint density at radius 3 is 2.74 bits per heavy atom. The normalized spacial score (nSPS) is 11.1. The summed E-state index contributed by atoms with van der Waals surface area (Å²) < 4.78 is 6.74. The number of imidazole rings is 1. The Hall–Kier alpha value is -1.67. The van der Waals surface area contributed by atoms with Gasteiger partial charge < -0.3 is 15.8 Å². The summed E-state index contributed by atoms with van der Waals surface area (Å²) in [5, 5.41) is 2.79. The summed E-state index contributed by atoms with van der Waals surface area (Å²) in [6.45, 7) is 2.43. The molecule has 2 aromatic heterocycles. The van der Waals surface area contributed by atoms with Gasteiger partial charge in [-0.2, -0.15) is 0 Å². The number of aromatic nitrogens is 3. The monoisotopic (exact) mass is 361 g/mol. The minimum atomic E-state index is -0.676. The van der Waals surface area contributed by atoms with E-state index in [0.29, 0.717) is 6.54 Å². The highest BCUT2D eigenvalue weighted by Crippen LogP contribution is 2.13. The zero-order valence-corrected chi connectivity index (χ0v) is 14.6. The fourth-order valence-electron chi connectivity index (χ4n) is 1.96. The topological polar surface area (TPSA) is 95.1 Å². The maximum Gasteiger partial charge on any atom is 0.239 e. The summed E-state index contributed by atoms with van der Waals surface area (Å²) >= 11 is 0. The molecular formula is C14H21Cl2N5O2. The first kappa shape index (κ1) is 21.3. The first-order valence-electron chi connectivity index (χ1n) is 6.60. The number of nitrogens with zero attached hydrogens (tertiary/aromatic N) is 3. The van der Waals surface area contributed by atoms with E-state index in [1.807, 2.05) is 29.8 Å². The molecule has 0 aliphatic carbocycles. The van der Waals surface area contributed by atoms with E-state index in [1.54, 1.807) is 12.4 Å². The highest BCUT2D eigenvalue weighted by molar-refractivity contribution is 5.85. The summed E-state index contributed by atoms with van der Waals surface area (Å²) in [4.78, 5) is 20.4. The second-order valence-corrected chi connectivity index (χ2v) is 4.61. The standard InChI is InChI=1S/C14H19N5O2.2ClH/c1-10-16-6-7-19(10)13-11(4-3-5-17-13)8-18-14(20)12(15)9-21-2;;/h3-7,12H,8-9,15H2,1-2H3,(H,18,20);2*1H. The number of hydrogen-bond donors (Lipinski definition) is 2. The Morgan fingerprint density at radius 2 is 2.13 bits per heavy atom. The molecule has 0 aliphatic rings. The molecule has 1 unspecified atom stereocenters. The summed E-state index contributed by atoms with van der Waals surface area (Å²) in [5.41, 5.74) is 6.57. The van der Waals surface area contributed by atoms with Crippen molar-refractivity contribution in [3.63, 3.8) is 0 Å². The summed E-state index contributed by atoms with van der Waals surface area (Å²) in [5.74, 6) is 1.32. The maximum atomic E-state index is 11.8. The molecule has 0 aliphatic heterocycles. The quantitative estimate of drug-likeness (QED) is 0.800. The van der Waals surface area contributed by atoms with Gasteiger partial charge in [-0.1, -0.05) is 6.07 Å². The Morgan fingerprint density at radius 1 is 1.39 bits per heavy atom. The molecule has 0 saturated heterocycles. The number of aryl methyl sites for hydroxylation is 1. The highest BCUT2D eigenvalue weighted by atomic mass is 35.5. The second-order valence-electron chi connectivity index (χ2n) is 4.61. The minimum Gasteiger partial charge on any atom is -0.383 e. The fourth-order valence-corrected chi connectivity index (χ4v) is 1.96. The minimum absolute atomic E-state index is 0. The smallest absolute Gasteiger partial charge is 0.239 e. The van der Waals surface area contributed by atoms with Crippen molar-refractivity contribution in [3.05, 3.63) is 42.1 Å². The highest BCUT2D eigenvalue weighted by Gasteiger charge is 2.14. The number of amides is 1. The number of rotatable bonds is 6. The van der Waals surface area contributed by atoms with E-state index in [-0.39, 0.29) is 37.3 Å². The van der Waals surface area contributed by atoms with Crippen molar-refractivity contribution in [3.8, 4) is 5.82 Å². The first-order chi connectivity index (χ1) is 10.1. The molecule has 0 saturated carbocycles. The van der Waals surface area contributed by atoms with Gasteiger partial charge in [0.05, 0.1) is 6.61 Å². The van der Waals surface area contributed by atoms with E-state index < -0.39 is 6.04 Å². The molecule has 0 fully saturated rings. The summed E-state index contributed by atoms with van der Waals surface area (Å²) in [6.07, 6.45) is 5.25. The third-order valence-corrected chi connectivity index (χ3v) is 3.06. The number of methoxy groups -OCH3 is 1. The van der Waals surface area contributed by atoms with E-state index >= 15 is 0 Å². The van der Waals surface area contributed by atoms with Gasteiger partial charge in [0.2, 0.25) is 5.91 Å². The Labute approximate surface area is 147 Å². The van der Waals surface area contributed by atoms with Gasteiger partial charge in [0, 0.05) is 37.8 Å².